The Balaban J connectivity index is 1.37. The molecule has 0 saturated heterocycles. The predicted octanol–water partition coefficient (Wildman–Crippen LogP) is 15.1. The lowest BCUT2D eigenvalue weighted by atomic mass is 9.95. The van der Waals surface area contributed by atoms with Crippen molar-refractivity contribution in [3.8, 4) is 64.4 Å². The van der Waals surface area contributed by atoms with E-state index in [2.05, 4.69) is 141 Å². The summed E-state index contributed by atoms with van der Waals surface area (Å²) in [4.78, 5) is 5.15. The van der Waals surface area contributed by atoms with Crippen molar-refractivity contribution in [2.45, 2.75) is 13.8 Å². The quantitative estimate of drug-likeness (QED) is 0.167. The first-order valence-corrected chi connectivity index (χ1v) is 24.7. The zero-order valence-electron chi connectivity index (χ0n) is 40.8. The first kappa shape index (κ1) is 43.6. The summed E-state index contributed by atoms with van der Waals surface area (Å²) >= 11 is 0. The molecule has 0 amide bonds. The van der Waals surface area contributed by atoms with Crippen LogP contribution in [-0.2, 0) is 0 Å². The Bertz CT molecular complexity index is 5000. The van der Waals surface area contributed by atoms with E-state index in [-0.39, 0.29) is 0 Å². The van der Waals surface area contributed by atoms with Crippen LogP contribution in [0.25, 0.3) is 121 Å². The molecule has 0 atom stereocenters. The Kier molecular flexibility index (Phi) is 9.40. The van der Waals surface area contributed by atoms with Gasteiger partial charge in [0.15, 0.2) is 0 Å². The van der Waals surface area contributed by atoms with Gasteiger partial charge in [-0.3, -0.25) is 4.98 Å². The monoisotopic (exact) mass is 968 g/mol. The number of hydrogen-bond donors (Lipinski definition) is 0. The van der Waals surface area contributed by atoms with Gasteiger partial charge in [-0.2, -0.15) is 26.3 Å². The van der Waals surface area contributed by atoms with Gasteiger partial charge in [-0.1, -0.05) is 65.7 Å². The third-order valence-electron chi connectivity index (χ3n) is 15.0. The smallest absolute Gasteiger partial charge is 0.102 e. The van der Waals surface area contributed by atoms with Gasteiger partial charge < -0.3 is 18.3 Å². The number of para-hydroxylation sites is 2. The number of fused-ring (bicyclic) bond motifs is 12. The Morgan fingerprint density at radius 2 is 0.658 bits per heavy atom. The average molecular weight is 969 g/mol. The number of aryl methyl sites for hydroxylation is 2. The number of benzene rings is 9. The predicted molar refractivity (Wildman–Crippen MR) is 300 cm³/mol. The van der Waals surface area contributed by atoms with Crippen molar-refractivity contribution in [2.24, 2.45) is 0 Å². The molecule has 5 aromatic heterocycles. The normalized spacial score (nSPS) is 11.5. The van der Waals surface area contributed by atoms with Gasteiger partial charge in [0.25, 0.3) is 0 Å². The maximum Gasteiger partial charge on any atom is 0.102 e. The summed E-state index contributed by atoms with van der Waals surface area (Å²) < 4.78 is 8.97. The van der Waals surface area contributed by atoms with Crippen molar-refractivity contribution in [3.63, 3.8) is 0 Å². The van der Waals surface area contributed by atoms with Gasteiger partial charge in [0.2, 0.25) is 0 Å². The number of hydrogen-bond acceptors (Lipinski definition) is 6. The van der Waals surface area contributed by atoms with Crippen molar-refractivity contribution in [3.05, 3.63) is 221 Å². The second kappa shape index (κ2) is 16.4. The summed E-state index contributed by atoms with van der Waals surface area (Å²) in [6.07, 6.45) is 1.74. The van der Waals surface area contributed by atoms with E-state index < -0.39 is 0 Å². The van der Waals surface area contributed by atoms with Gasteiger partial charge in [-0.15, -0.1) is 0 Å². The Morgan fingerprint density at radius 1 is 0.316 bits per heavy atom. The number of nitrogens with zero attached hydrogens (tertiary/aromatic N) is 10. The fourth-order valence-corrected chi connectivity index (χ4v) is 11.9. The van der Waals surface area contributed by atoms with Crippen molar-refractivity contribution < 1.29 is 0 Å². The third-order valence-corrected chi connectivity index (χ3v) is 15.0. The zero-order valence-corrected chi connectivity index (χ0v) is 40.8. The maximum atomic E-state index is 12.6. The highest BCUT2D eigenvalue weighted by molar-refractivity contribution is 6.17. The van der Waals surface area contributed by atoms with Crippen LogP contribution >= 0.6 is 0 Å². The molecule has 0 bridgehead atoms. The highest BCUT2D eigenvalue weighted by Crippen LogP contribution is 2.52. The minimum atomic E-state index is 0.298. The summed E-state index contributed by atoms with van der Waals surface area (Å²) in [7, 11) is 0. The van der Waals surface area contributed by atoms with Crippen LogP contribution in [0.3, 0.4) is 0 Å². The summed E-state index contributed by atoms with van der Waals surface area (Å²) in [5.41, 5.74) is 14.4. The molecule has 0 aliphatic rings. The molecule has 0 saturated carbocycles. The minimum Gasteiger partial charge on any atom is -0.306 e. The van der Waals surface area contributed by atoms with E-state index in [9.17, 15) is 26.3 Å². The number of pyridine rings is 1. The van der Waals surface area contributed by atoms with E-state index >= 15 is 0 Å². The van der Waals surface area contributed by atoms with Crippen LogP contribution in [0.4, 0.5) is 0 Å². The minimum absolute atomic E-state index is 0.298. The first-order valence-electron chi connectivity index (χ1n) is 24.7. The molecule has 10 heteroatoms. The molecule has 5 heterocycles. The number of aromatic nitrogens is 5. The second-order valence-corrected chi connectivity index (χ2v) is 19.3. The molecule has 0 aliphatic heterocycles. The highest BCUT2D eigenvalue weighted by atomic mass is 15.1. The van der Waals surface area contributed by atoms with Crippen molar-refractivity contribution in [1.82, 2.24) is 23.3 Å². The van der Waals surface area contributed by atoms with E-state index in [4.69, 9.17) is 4.98 Å². The van der Waals surface area contributed by atoms with E-state index in [1.165, 1.54) is 0 Å². The van der Waals surface area contributed by atoms with Crippen molar-refractivity contribution >= 4 is 87.2 Å². The van der Waals surface area contributed by atoms with Crippen LogP contribution in [0, 0.1) is 70.5 Å². The molecule has 0 fully saturated rings. The van der Waals surface area contributed by atoms with Crippen LogP contribution in [0.5, 0.6) is 0 Å². The average Bonchev–Trinajstić information content (AvgIpc) is 4.37. The summed E-state index contributed by atoms with van der Waals surface area (Å²) in [5, 5.41) is 61.2. The molecule has 76 heavy (non-hydrogen) atoms. The van der Waals surface area contributed by atoms with Gasteiger partial charge in [0, 0.05) is 54.9 Å². The van der Waals surface area contributed by atoms with Crippen LogP contribution in [-0.4, -0.2) is 23.3 Å². The summed E-state index contributed by atoms with van der Waals surface area (Å²) in [6, 6.07) is 70.2. The molecular weight excluding hydrogens is 933 g/mol. The van der Waals surface area contributed by atoms with Crippen LogP contribution < -0.4 is 0 Å². The van der Waals surface area contributed by atoms with Crippen LogP contribution in [0.1, 0.15) is 38.9 Å². The largest absolute Gasteiger partial charge is 0.306 e. The molecule has 350 valence electrons. The third kappa shape index (κ3) is 6.06. The molecule has 14 aromatic rings. The van der Waals surface area contributed by atoms with Gasteiger partial charge in [-0.05, 0) is 135 Å². The SMILES string of the molecule is Cc1ccc2c(c1)c1ccccc1n2-c1c(-n2c3ccc(C#N)cc3c3cc(C#N)ccc32)c(C#N)c(-c2ccccn2)c(-n2c3ccc(C#N)cc3c3cc(C#N)ccc32)c1-n1c2ccccc2c2cc(C)ccc21. The molecule has 9 aromatic carbocycles. The maximum absolute atomic E-state index is 12.6. The van der Waals surface area contributed by atoms with Crippen molar-refractivity contribution in [2.75, 3.05) is 0 Å². The zero-order chi connectivity index (χ0) is 51.5. The molecule has 0 aliphatic carbocycles. The van der Waals surface area contributed by atoms with E-state index in [0.29, 0.717) is 72.9 Å². The van der Waals surface area contributed by atoms with E-state index in [0.717, 1.165) is 87.3 Å². The standard InChI is InChI=1S/C66H36N10/c1-38-14-20-56-46(27-38)44-9-3-5-12-54(44)75(56)65-63(73-58-22-16-40(33-67)29-48(58)49-30-41(34-68)17-23-59(49)73)52(37-71)62(53-11-7-8-26-72-53)64(66(65)76-55-13-6-4-10-45(55)47-28-39(2)15-21-57(47)76)74-60-24-18-42(35-69)31-50(60)51-32-43(36-70)19-25-61(51)74/h3-32H,1-2H3. The Labute approximate surface area is 434 Å². The lowest BCUT2D eigenvalue weighted by molar-refractivity contribution is 1.02. The fourth-order valence-electron chi connectivity index (χ4n) is 11.9. The van der Waals surface area contributed by atoms with Gasteiger partial charge >= 0.3 is 0 Å². The molecule has 14 rings (SSSR count). The summed E-state index contributed by atoms with van der Waals surface area (Å²) in [6.45, 7) is 4.19. The lowest BCUT2D eigenvalue weighted by Gasteiger charge is -2.29. The van der Waals surface area contributed by atoms with Crippen molar-refractivity contribution in [1.29, 1.82) is 26.3 Å². The fraction of sp³-hybridized carbons (Fsp3) is 0.0303. The topological polar surface area (TPSA) is 152 Å². The van der Waals surface area contributed by atoms with Crippen LogP contribution in [0.15, 0.2) is 182 Å². The van der Waals surface area contributed by atoms with Gasteiger partial charge in [-0.25, -0.2) is 0 Å². The molecule has 0 spiro atoms. The number of nitriles is 5. The molecular formula is C66H36N10. The highest BCUT2D eigenvalue weighted by Gasteiger charge is 2.35. The van der Waals surface area contributed by atoms with Crippen LogP contribution in [0.2, 0.25) is 0 Å². The lowest BCUT2D eigenvalue weighted by Crippen LogP contribution is -2.17. The second-order valence-electron chi connectivity index (χ2n) is 19.3. The van der Waals surface area contributed by atoms with Gasteiger partial charge in [0.1, 0.15) is 6.07 Å². The molecule has 0 N–H and O–H groups in total. The Hall–Kier alpha value is -11.2. The molecule has 0 radical (unpaired) electrons. The molecule has 10 nitrogen and oxygen atoms in total. The van der Waals surface area contributed by atoms with E-state index in [1.807, 2.05) is 84.9 Å². The van der Waals surface area contributed by atoms with E-state index in [1.54, 1.807) is 18.3 Å². The Morgan fingerprint density at radius 3 is 1.05 bits per heavy atom. The number of rotatable bonds is 5. The molecule has 0 unspecified atom stereocenters. The first-order chi connectivity index (χ1) is 37.3. The van der Waals surface area contributed by atoms with Gasteiger partial charge in [0.05, 0.1) is 125 Å². The summed E-state index contributed by atoms with van der Waals surface area (Å²) in [5.74, 6) is 0.